The average molecular weight is 193 g/mol. The Morgan fingerprint density at radius 1 is 1.57 bits per heavy atom. The number of rotatable bonds is 1. The van der Waals surface area contributed by atoms with Gasteiger partial charge in [0.25, 0.3) is 0 Å². The molecule has 0 amide bonds. The van der Waals surface area contributed by atoms with Gasteiger partial charge in [-0.25, -0.2) is 9.18 Å². The summed E-state index contributed by atoms with van der Waals surface area (Å²) in [5.41, 5.74) is 0.406. The van der Waals surface area contributed by atoms with E-state index in [0.717, 1.165) is 6.07 Å². The van der Waals surface area contributed by atoms with Crippen LogP contribution in [0.25, 0.3) is 0 Å². The lowest BCUT2D eigenvalue weighted by Gasteiger charge is -2.03. The molecule has 3 nitrogen and oxygen atoms in total. The van der Waals surface area contributed by atoms with Crippen molar-refractivity contribution in [3.8, 4) is 6.07 Å². The van der Waals surface area contributed by atoms with Crippen LogP contribution in [-0.2, 0) is 4.74 Å². The van der Waals surface area contributed by atoms with E-state index in [9.17, 15) is 9.18 Å². The van der Waals surface area contributed by atoms with E-state index in [1.807, 2.05) is 6.07 Å². The first-order chi connectivity index (χ1) is 6.60. The molecule has 0 aromatic heterocycles. The lowest BCUT2D eigenvalue weighted by molar-refractivity contribution is 0.0600. The monoisotopic (exact) mass is 193 g/mol. The minimum absolute atomic E-state index is 0.0434. The number of hydrogen-bond donors (Lipinski definition) is 0. The maximum atomic E-state index is 13.1. The normalized spacial score (nSPS) is 9.29. The zero-order valence-electron chi connectivity index (χ0n) is 7.80. The van der Waals surface area contributed by atoms with E-state index in [0.29, 0.717) is 5.56 Å². The van der Waals surface area contributed by atoms with Crippen molar-refractivity contribution in [3.05, 3.63) is 34.6 Å². The summed E-state index contributed by atoms with van der Waals surface area (Å²) in [6, 6.07) is 4.15. The molecule has 0 aliphatic carbocycles. The van der Waals surface area contributed by atoms with Crippen LogP contribution in [0, 0.1) is 24.1 Å². The molecule has 1 aromatic carbocycles. The summed E-state index contributed by atoms with van der Waals surface area (Å²) in [5, 5.41) is 8.70. The van der Waals surface area contributed by atoms with Crippen molar-refractivity contribution in [1.29, 1.82) is 5.26 Å². The predicted molar refractivity (Wildman–Crippen MR) is 47.2 cm³/mol. The highest BCUT2D eigenvalue weighted by molar-refractivity contribution is 5.92. The second-order valence-corrected chi connectivity index (χ2v) is 2.75. The topological polar surface area (TPSA) is 50.1 Å². The molecule has 0 aliphatic rings. The number of nitrogens with zero attached hydrogens (tertiary/aromatic N) is 1. The maximum absolute atomic E-state index is 13.1. The second kappa shape index (κ2) is 3.88. The number of methoxy groups -OCH3 is 1. The Balaban J connectivity index is 3.36. The highest BCUT2D eigenvalue weighted by Crippen LogP contribution is 2.15. The fourth-order valence-electron chi connectivity index (χ4n) is 1.05. The number of halogens is 1. The van der Waals surface area contributed by atoms with Gasteiger partial charge in [-0.2, -0.15) is 5.26 Å². The highest BCUT2D eigenvalue weighted by Gasteiger charge is 2.14. The lowest BCUT2D eigenvalue weighted by Crippen LogP contribution is -2.05. The number of aryl methyl sites for hydroxylation is 1. The van der Waals surface area contributed by atoms with Gasteiger partial charge in [0.05, 0.1) is 18.2 Å². The zero-order valence-corrected chi connectivity index (χ0v) is 7.80. The van der Waals surface area contributed by atoms with E-state index in [2.05, 4.69) is 4.74 Å². The first kappa shape index (κ1) is 10.2. The van der Waals surface area contributed by atoms with Gasteiger partial charge in [0.2, 0.25) is 0 Å². The van der Waals surface area contributed by atoms with E-state index in [-0.39, 0.29) is 11.1 Å². The zero-order chi connectivity index (χ0) is 10.7. The maximum Gasteiger partial charge on any atom is 0.339 e. The number of hydrogen-bond acceptors (Lipinski definition) is 3. The summed E-state index contributed by atoms with van der Waals surface area (Å²) in [4.78, 5) is 11.1. The van der Waals surface area contributed by atoms with Crippen LogP contribution in [-0.4, -0.2) is 13.1 Å². The number of benzene rings is 1. The Labute approximate surface area is 80.7 Å². The fourth-order valence-corrected chi connectivity index (χ4v) is 1.05. The predicted octanol–water partition coefficient (Wildman–Crippen LogP) is 1.79. The van der Waals surface area contributed by atoms with E-state index >= 15 is 0 Å². The summed E-state index contributed by atoms with van der Waals surface area (Å²) in [5.74, 6) is -1.23. The van der Waals surface area contributed by atoms with Gasteiger partial charge in [-0.1, -0.05) is 0 Å². The van der Waals surface area contributed by atoms with Crippen molar-refractivity contribution < 1.29 is 13.9 Å². The van der Waals surface area contributed by atoms with Gasteiger partial charge in [-0.15, -0.1) is 0 Å². The Morgan fingerprint density at radius 2 is 2.21 bits per heavy atom. The lowest BCUT2D eigenvalue weighted by atomic mass is 10.1. The smallest absolute Gasteiger partial charge is 0.339 e. The van der Waals surface area contributed by atoms with Crippen molar-refractivity contribution in [2.24, 2.45) is 0 Å². The van der Waals surface area contributed by atoms with Gasteiger partial charge in [-0.05, 0) is 24.6 Å². The molecule has 0 saturated carbocycles. The van der Waals surface area contributed by atoms with Gasteiger partial charge >= 0.3 is 5.97 Å². The number of carbonyl (C=O) groups is 1. The van der Waals surface area contributed by atoms with Crippen LogP contribution in [0.4, 0.5) is 4.39 Å². The minimum Gasteiger partial charge on any atom is -0.465 e. The molecule has 1 rings (SSSR count). The van der Waals surface area contributed by atoms with Crippen molar-refractivity contribution in [3.63, 3.8) is 0 Å². The van der Waals surface area contributed by atoms with Crippen molar-refractivity contribution in [2.45, 2.75) is 6.92 Å². The first-order valence-electron chi connectivity index (χ1n) is 3.88. The summed E-state index contributed by atoms with van der Waals surface area (Å²) in [6.07, 6.45) is 0. The Bertz CT molecular complexity index is 421. The molecular weight excluding hydrogens is 185 g/mol. The fraction of sp³-hybridized carbons (Fsp3) is 0.200. The van der Waals surface area contributed by atoms with Gasteiger partial charge in [0.15, 0.2) is 0 Å². The number of carbonyl (C=O) groups excluding carboxylic acids is 1. The molecule has 0 spiro atoms. The van der Waals surface area contributed by atoms with E-state index in [4.69, 9.17) is 5.26 Å². The summed E-state index contributed by atoms with van der Waals surface area (Å²) < 4.78 is 17.5. The molecule has 0 fully saturated rings. The second-order valence-electron chi connectivity index (χ2n) is 2.75. The third-order valence-corrected chi connectivity index (χ3v) is 1.82. The van der Waals surface area contributed by atoms with Gasteiger partial charge in [0.1, 0.15) is 11.9 Å². The van der Waals surface area contributed by atoms with Crippen LogP contribution in [0.5, 0.6) is 0 Å². The third kappa shape index (κ3) is 1.72. The molecule has 0 radical (unpaired) electrons. The number of esters is 1. The number of nitriles is 1. The van der Waals surface area contributed by atoms with Crippen molar-refractivity contribution in [2.75, 3.05) is 7.11 Å². The van der Waals surface area contributed by atoms with E-state index in [1.54, 1.807) is 0 Å². The van der Waals surface area contributed by atoms with Gasteiger partial charge in [-0.3, -0.25) is 0 Å². The van der Waals surface area contributed by atoms with Crippen molar-refractivity contribution in [1.82, 2.24) is 0 Å². The van der Waals surface area contributed by atoms with Crippen LogP contribution < -0.4 is 0 Å². The molecular formula is C10H8FNO2. The molecule has 1 aromatic rings. The van der Waals surface area contributed by atoms with Crippen LogP contribution in [0.15, 0.2) is 12.1 Å². The molecule has 0 bridgehead atoms. The standard InChI is InChI=1S/C10H8FNO2/c1-6-3-7(5-12)8(4-9(6)11)10(13)14-2/h3-4H,1-2H3. The Hall–Kier alpha value is -1.89. The molecule has 0 saturated heterocycles. The van der Waals surface area contributed by atoms with Crippen molar-refractivity contribution >= 4 is 5.97 Å². The minimum atomic E-state index is -0.708. The molecule has 0 atom stereocenters. The molecule has 4 heteroatoms. The quantitative estimate of drug-likeness (QED) is 0.639. The molecule has 0 heterocycles. The molecule has 0 aliphatic heterocycles. The highest BCUT2D eigenvalue weighted by atomic mass is 19.1. The Morgan fingerprint density at radius 3 is 2.71 bits per heavy atom. The van der Waals surface area contributed by atoms with Gasteiger partial charge in [0, 0.05) is 0 Å². The van der Waals surface area contributed by atoms with Crippen LogP contribution >= 0.6 is 0 Å². The number of ether oxygens (including phenoxy) is 1. The van der Waals surface area contributed by atoms with Crippen LogP contribution in [0.1, 0.15) is 21.5 Å². The first-order valence-corrected chi connectivity index (χ1v) is 3.88. The Kier molecular flexibility index (Phi) is 2.82. The van der Waals surface area contributed by atoms with Gasteiger partial charge < -0.3 is 4.74 Å². The molecule has 0 N–H and O–H groups in total. The summed E-state index contributed by atoms with van der Waals surface area (Å²) in [6.45, 7) is 1.53. The van der Waals surface area contributed by atoms with Crippen LogP contribution in [0.2, 0.25) is 0 Å². The third-order valence-electron chi connectivity index (χ3n) is 1.82. The van der Waals surface area contributed by atoms with Crippen LogP contribution in [0.3, 0.4) is 0 Å². The van der Waals surface area contributed by atoms with E-state index in [1.165, 1.54) is 20.1 Å². The molecule has 72 valence electrons. The average Bonchev–Trinajstić information content (AvgIpc) is 2.20. The summed E-state index contributed by atoms with van der Waals surface area (Å²) >= 11 is 0. The van der Waals surface area contributed by atoms with E-state index < -0.39 is 11.8 Å². The largest absolute Gasteiger partial charge is 0.465 e. The molecule has 0 unspecified atom stereocenters. The molecule has 14 heavy (non-hydrogen) atoms. The SMILES string of the molecule is COC(=O)c1cc(F)c(C)cc1C#N. The summed E-state index contributed by atoms with van der Waals surface area (Å²) in [7, 11) is 1.18.